The molecule has 0 saturated carbocycles. The lowest BCUT2D eigenvalue weighted by molar-refractivity contribution is -0.118. The molecule has 0 spiro atoms. The van der Waals surface area contributed by atoms with Crippen LogP contribution in [0.25, 0.3) is 10.9 Å². The van der Waals surface area contributed by atoms with E-state index in [1.807, 2.05) is 75.7 Å². The summed E-state index contributed by atoms with van der Waals surface area (Å²) in [6, 6.07) is 18.0. The summed E-state index contributed by atoms with van der Waals surface area (Å²) < 4.78 is 27.8. The Morgan fingerprint density at radius 1 is 1.02 bits per heavy atom. The van der Waals surface area contributed by atoms with E-state index in [9.17, 15) is 18.4 Å². The van der Waals surface area contributed by atoms with E-state index in [-0.39, 0.29) is 23.8 Å². The van der Waals surface area contributed by atoms with Gasteiger partial charge in [-0.15, -0.1) is 0 Å². The van der Waals surface area contributed by atoms with Crippen molar-refractivity contribution in [3.05, 3.63) is 101 Å². The summed E-state index contributed by atoms with van der Waals surface area (Å²) in [5.74, 6) is -1.93. The molecule has 0 aliphatic carbocycles. The number of likely N-dealkylation sites (tertiary alicyclic amines) is 1. The third-order valence-electron chi connectivity index (χ3n) is 8.05. The summed E-state index contributed by atoms with van der Waals surface area (Å²) in [6.07, 6.45) is 2.98. The number of halogens is 2. The van der Waals surface area contributed by atoms with Crippen LogP contribution in [0.15, 0.2) is 72.9 Å². The number of nitrogens with zero attached hydrogens (tertiary/aromatic N) is 2. The standard InChI is InChI=1S/C33H37F2N5O2/c1-21(28-19-36-30-10-5-4-9-27(28)30)31(32(41)37-25-8-6-7-22(17-25)20-39(2)3)38-33(42)40-15-13-23(14-16-40)26-12-11-24(34)18-29(26)35/h4-12,17-19,21,23,31,36H,13-16,20H2,1-3H3,(H,37,41)(H,38,42)/t21-,31+/m0/s1. The average molecular weight is 574 g/mol. The molecule has 1 saturated heterocycles. The Bertz CT molecular complexity index is 1560. The SMILES string of the molecule is C[C@@H](c1c[nH]c2ccccc12)[C@@H](NC(=O)N1CCC(c2ccc(F)cc2F)CC1)C(=O)Nc1cccc(CN(C)C)c1. The van der Waals surface area contributed by atoms with Crippen LogP contribution in [-0.4, -0.2) is 59.9 Å². The van der Waals surface area contributed by atoms with Crippen LogP contribution >= 0.6 is 0 Å². The van der Waals surface area contributed by atoms with E-state index in [0.717, 1.165) is 34.6 Å². The maximum atomic E-state index is 14.4. The molecule has 5 rings (SSSR count). The largest absolute Gasteiger partial charge is 0.361 e. The van der Waals surface area contributed by atoms with Crippen molar-refractivity contribution in [2.45, 2.75) is 44.2 Å². The van der Waals surface area contributed by atoms with Crippen molar-refractivity contribution in [3.63, 3.8) is 0 Å². The first kappa shape index (κ1) is 29.3. The lowest BCUT2D eigenvalue weighted by atomic mass is 9.89. The van der Waals surface area contributed by atoms with Gasteiger partial charge in [-0.3, -0.25) is 4.79 Å². The van der Waals surface area contributed by atoms with Crippen molar-refractivity contribution in [3.8, 4) is 0 Å². The van der Waals surface area contributed by atoms with E-state index in [0.29, 0.717) is 37.2 Å². The fourth-order valence-corrected chi connectivity index (χ4v) is 5.85. The highest BCUT2D eigenvalue weighted by Gasteiger charge is 2.33. The Kier molecular flexibility index (Phi) is 8.87. The molecule has 4 aromatic rings. The first-order chi connectivity index (χ1) is 20.2. The van der Waals surface area contributed by atoms with Crippen LogP contribution in [0.2, 0.25) is 0 Å². The van der Waals surface area contributed by atoms with Crippen LogP contribution in [0.1, 0.15) is 48.3 Å². The molecule has 3 amide bonds. The minimum atomic E-state index is -0.860. The van der Waals surface area contributed by atoms with Gasteiger partial charge in [0.15, 0.2) is 0 Å². The second-order valence-corrected chi connectivity index (χ2v) is 11.4. The molecule has 2 atom stereocenters. The number of benzene rings is 3. The summed E-state index contributed by atoms with van der Waals surface area (Å²) in [6.45, 7) is 3.46. The van der Waals surface area contributed by atoms with Crippen molar-refractivity contribution in [2.75, 3.05) is 32.5 Å². The van der Waals surface area contributed by atoms with Crippen LogP contribution in [0.3, 0.4) is 0 Å². The number of aromatic amines is 1. The number of urea groups is 1. The van der Waals surface area contributed by atoms with Crippen LogP contribution in [-0.2, 0) is 11.3 Å². The van der Waals surface area contributed by atoms with E-state index >= 15 is 0 Å². The highest BCUT2D eigenvalue weighted by Crippen LogP contribution is 2.31. The molecule has 220 valence electrons. The number of nitrogens with one attached hydrogen (secondary N) is 3. The van der Waals surface area contributed by atoms with Crippen LogP contribution in [0, 0.1) is 11.6 Å². The topological polar surface area (TPSA) is 80.5 Å². The van der Waals surface area contributed by atoms with Crippen molar-refractivity contribution >= 4 is 28.5 Å². The lowest BCUT2D eigenvalue weighted by Crippen LogP contribution is -2.53. The Labute approximate surface area is 244 Å². The zero-order valence-corrected chi connectivity index (χ0v) is 24.2. The molecule has 1 aromatic heterocycles. The zero-order valence-electron chi connectivity index (χ0n) is 24.2. The summed E-state index contributed by atoms with van der Waals surface area (Å²) in [7, 11) is 3.97. The van der Waals surface area contributed by atoms with Gasteiger partial charge < -0.3 is 25.4 Å². The normalized spacial score (nSPS) is 15.5. The third-order valence-corrected chi connectivity index (χ3v) is 8.05. The molecule has 1 aliphatic heterocycles. The van der Waals surface area contributed by atoms with Gasteiger partial charge in [0, 0.05) is 54.4 Å². The fraction of sp³-hybridized carbons (Fsp3) is 0.333. The minimum absolute atomic E-state index is 0.103. The number of fused-ring (bicyclic) bond motifs is 1. The number of hydrogen-bond donors (Lipinski definition) is 3. The highest BCUT2D eigenvalue weighted by atomic mass is 19.1. The van der Waals surface area contributed by atoms with Gasteiger partial charge in [-0.2, -0.15) is 0 Å². The van der Waals surface area contributed by atoms with Gasteiger partial charge in [-0.1, -0.05) is 43.3 Å². The van der Waals surface area contributed by atoms with E-state index < -0.39 is 17.7 Å². The van der Waals surface area contributed by atoms with Gasteiger partial charge in [0.25, 0.3) is 0 Å². The number of amides is 3. The number of aromatic nitrogens is 1. The summed E-state index contributed by atoms with van der Waals surface area (Å²) in [5.41, 5.74) is 4.07. The minimum Gasteiger partial charge on any atom is -0.361 e. The van der Waals surface area contributed by atoms with Crippen molar-refractivity contribution < 1.29 is 18.4 Å². The number of anilines is 1. The molecule has 0 bridgehead atoms. The monoisotopic (exact) mass is 573 g/mol. The van der Waals surface area contributed by atoms with Crippen LogP contribution < -0.4 is 10.6 Å². The first-order valence-corrected chi connectivity index (χ1v) is 14.3. The number of para-hydroxylation sites is 1. The van der Waals surface area contributed by atoms with Crippen molar-refractivity contribution in [2.24, 2.45) is 0 Å². The van der Waals surface area contributed by atoms with E-state index in [2.05, 4.69) is 20.5 Å². The second kappa shape index (κ2) is 12.7. The summed E-state index contributed by atoms with van der Waals surface area (Å²) in [4.78, 5) is 34.3. The molecule has 42 heavy (non-hydrogen) atoms. The van der Waals surface area contributed by atoms with Gasteiger partial charge >= 0.3 is 6.03 Å². The highest BCUT2D eigenvalue weighted by molar-refractivity contribution is 5.98. The Balaban J connectivity index is 1.33. The predicted molar refractivity (Wildman–Crippen MR) is 161 cm³/mol. The van der Waals surface area contributed by atoms with Crippen LogP contribution in [0.4, 0.5) is 19.3 Å². The molecule has 3 N–H and O–H groups in total. The molecular weight excluding hydrogens is 536 g/mol. The molecule has 1 aliphatic rings. The molecule has 1 fully saturated rings. The van der Waals surface area contributed by atoms with E-state index in [4.69, 9.17) is 0 Å². The lowest BCUT2D eigenvalue weighted by Gasteiger charge is -2.34. The molecular formula is C33H37F2N5O2. The van der Waals surface area contributed by atoms with Gasteiger partial charge in [0.05, 0.1) is 0 Å². The Hall–Kier alpha value is -4.24. The number of carbonyl (C=O) groups excluding carboxylic acids is 2. The van der Waals surface area contributed by atoms with E-state index in [1.54, 1.807) is 4.90 Å². The van der Waals surface area contributed by atoms with Crippen molar-refractivity contribution in [1.82, 2.24) is 20.1 Å². The van der Waals surface area contributed by atoms with Gasteiger partial charge in [-0.05, 0) is 73.8 Å². The fourth-order valence-electron chi connectivity index (χ4n) is 5.85. The van der Waals surface area contributed by atoms with Gasteiger partial charge in [-0.25, -0.2) is 13.6 Å². The number of H-pyrrole nitrogens is 1. The maximum Gasteiger partial charge on any atom is 0.318 e. The number of carbonyl (C=O) groups is 2. The Morgan fingerprint density at radius 3 is 2.52 bits per heavy atom. The van der Waals surface area contributed by atoms with Crippen molar-refractivity contribution in [1.29, 1.82) is 0 Å². The molecule has 7 nitrogen and oxygen atoms in total. The molecule has 3 aromatic carbocycles. The van der Waals surface area contributed by atoms with E-state index in [1.165, 1.54) is 12.1 Å². The number of rotatable bonds is 8. The smallest absolute Gasteiger partial charge is 0.318 e. The summed E-state index contributed by atoms with van der Waals surface area (Å²) >= 11 is 0. The molecule has 2 heterocycles. The number of hydrogen-bond acceptors (Lipinski definition) is 3. The second-order valence-electron chi connectivity index (χ2n) is 11.4. The zero-order chi connectivity index (χ0) is 29.8. The Morgan fingerprint density at radius 2 is 1.79 bits per heavy atom. The quantitative estimate of drug-likeness (QED) is 0.235. The predicted octanol–water partition coefficient (Wildman–Crippen LogP) is 6.21. The van der Waals surface area contributed by atoms with Gasteiger partial charge in [0.2, 0.25) is 5.91 Å². The van der Waals surface area contributed by atoms with Gasteiger partial charge in [0.1, 0.15) is 17.7 Å². The van der Waals surface area contributed by atoms with Crippen LogP contribution in [0.5, 0.6) is 0 Å². The number of piperidine rings is 1. The maximum absolute atomic E-state index is 14.4. The third kappa shape index (κ3) is 6.62. The molecule has 9 heteroatoms. The average Bonchev–Trinajstić information content (AvgIpc) is 3.40. The summed E-state index contributed by atoms with van der Waals surface area (Å²) in [5, 5.41) is 7.02. The first-order valence-electron chi connectivity index (χ1n) is 14.3. The molecule has 0 unspecified atom stereocenters. The molecule has 0 radical (unpaired) electrons.